The van der Waals surface area contributed by atoms with E-state index in [9.17, 15) is 5.11 Å². The monoisotopic (exact) mass is 200 g/mol. The Balaban J connectivity index is 2.20. The number of β-amino-alcohol motifs (C(OH)–C–C–N with tert-alkyl or cyclic N) is 1. The summed E-state index contributed by atoms with van der Waals surface area (Å²) in [7, 11) is 0. The maximum Gasteiger partial charge on any atom is 0.130 e. The van der Waals surface area contributed by atoms with Crippen molar-refractivity contribution in [2.75, 3.05) is 11.9 Å². The average Bonchev–Trinajstić information content (AvgIpc) is 2.26. The van der Waals surface area contributed by atoms with Gasteiger partial charge in [-0.25, -0.2) is 4.98 Å². The van der Waals surface area contributed by atoms with Crippen molar-refractivity contribution in [1.29, 1.82) is 0 Å². The molecular weight excluding hydrogens is 188 g/mol. The predicted octanol–water partition coefficient (Wildman–Crippen LogP) is 1.56. The van der Waals surface area contributed by atoms with Crippen LogP contribution in [0.2, 0.25) is 0 Å². The predicted molar refractivity (Wildman–Crippen MR) is 59.9 cm³/mol. The minimum absolute atomic E-state index is 0.291. The van der Waals surface area contributed by atoms with Gasteiger partial charge in [0, 0.05) is 18.4 Å². The number of rotatable bonds is 0. The molecule has 0 radical (unpaired) electrons. The molecule has 1 aromatic carbocycles. The van der Waals surface area contributed by atoms with E-state index < -0.39 is 0 Å². The Morgan fingerprint density at radius 3 is 3.13 bits per heavy atom. The molecule has 0 saturated heterocycles. The molecule has 0 spiro atoms. The SMILES string of the molecule is OC1CNc2nc3ccccc3cc2C1. The minimum atomic E-state index is -0.291. The normalized spacial score (nSPS) is 19.7. The van der Waals surface area contributed by atoms with E-state index in [4.69, 9.17) is 0 Å². The van der Waals surface area contributed by atoms with E-state index in [1.54, 1.807) is 0 Å². The Hall–Kier alpha value is -1.61. The zero-order chi connectivity index (χ0) is 10.3. The van der Waals surface area contributed by atoms with E-state index in [-0.39, 0.29) is 6.10 Å². The Morgan fingerprint density at radius 2 is 2.20 bits per heavy atom. The van der Waals surface area contributed by atoms with Crippen molar-refractivity contribution in [3.8, 4) is 0 Å². The molecule has 0 aliphatic carbocycles. The Labute approximate surface area is 87.8 Å². The molecule has 0 fully saturated rings. The van der Waals surface area contributed by atoms with Gasteiger partial charge >= 0.3 is 0 Å². The van der Waals surface area contributed by atoms with Crippen LogP contribution in [0.1, 0.15) is 5.56 Å². The van der Waals surface area contributed by atoms with Crippen molar-refractivity contribution < 1.29 is 5.11 Å². The number of hydrogen-bond donors (Lipinski definition) is 2. The summed E-state index contributed by atoms with van der Waals surface area (Å²) in [5, 5.41) is 13.8. The second-order valence-corrected chi connectivity index (χ2v) is 3.93. The van der Waals surface area contributed by atoms with Crippen LogP contribution in [0.4, 0.5) is 5.82 Å². The molecule has 76 valence electrons. The van der Waals surface area contributed by atoms with Crippen molar-refractivity contribution in [3.05, 3.63) is 35.9 Å². The first-order chi connectivity index (χ1) is 7.33. The highest BCUT2D eigenvalue weighted by Crippen LogP contribution is 2.24. The highest BCUT2D eigenvalue weighted by molar-refractivity contribution is 5.81. The maximum absolute atomic E-state index is 9.54. The fraction of sp³-hybridized carbons (Fsp3) is 0.250. The first-order valence-electron chi connectivity index (χ1n) is 5.13. The smallest absolute Gasteiger partial charge is 0.130 e. The third kappa shape index (κ3) is 1.45. The summed E-state index contributed by atoms with van der Waals surface area (Å²) in [6, 6.07) is 10.1. The quantitative estimate of drug-likeness (QED) is 0.678. The van der Waals surface area contributed by atoms with Gasteiger partial charge in [-0.3, -0.25) is 0 Å². The lowest BCUT2D eigenvalue weighted by Crippen LogP contribution is -2.28. The summed E-state index contributed by atoms with van der Waals surface area (Å²) < 4.78 is 0. The zero-order valence-electron chi connectivity index (χ0n) is 8.27. The maximum atomic E-state index is 9.54. The van der Waals surface area contributed by atoms with Crippen LogP contribution in [-0.4, -0.2) is 22.7 Å². The second-order valence-electron chi connectivity index (χ2n) is 3.93. The molecule has 0 bridgehead atoms. The molecule has 1 aliphatic rings. The van der Waals surface area contributed by atoms with E-state index in [1.807, 2.05) is 24.3 Å². The van der Waals surface area contributed by atoms with Crippen LogP contribution >= 0.6 is 0 Å². The van der Waals surface area contributed by atoms with E-state index in [0.29, 0.717) is 13.0 Å². The topological polar surface area (TPSA) is 45.1 Å². The van der Waals surface area contributed by atoms with E-state index in [2.05, 4.69) is 16.4 Å². The number of aliphatic hydroxyl groups is 1. The van der Waals surface area contributed by atoms with Gasteiger partial charge in [-0.1, -0.05) is 18.2 Å². The molecule has 0 amide bonds. The van der Waals surface area contributed by atoms with Crippen LogP contribution in [0.15, 0.2) is 30.3 Å². The standard InChI is InChI=1S/C12H12N2O/c15-10-6-9-5-8-3-1-2-4-11(8)14-12(9)13-7-10/h1-5,10,15H,6-7H2,(H,13,14). The molecule has 1 aliphatic heterocycles. The third-order valence-corrected chi connectivity index (χ3v) is 2.76. The Morgan fingerprint density at radius 1 is 1.33 bits per heavy atom. The molecule has 2 aromatic rings. The fourth-order valence-corrected chi connectivity index (χ4v) is 2.01. The minimum Gasteiger partial charge on any atom is -0.391 e. The van der Waals surface area contributed by atoms with Crippen LogP contribution in [0, 0.1) is 0 Å². The first-order valence-corrected chi connectivity index (χ1v) is 5.13. The van der Waals surface area contributed by atoms with Gasteiger partial charge < -0.3 is 10.4 Å². The summed E-state index contributed by atoms with van der Waals surface area (Å²) in [5.41, 5.74) is 2.10. The molecule has 1 unspecified atom stereocenters. The lowest BCUT2D eigenvalue weighted by Gasteiger charge is -2.21. The number of benzene rings is 1. The number of nitrogens with zero attached hydrogens (tertiary/aromatic N) is 1. The molecule has 15 heavy (non-hydrogen) atoms. The molecule has 3 heteroatoms. The zero-order valence-corrected chi connectivity index (χ0v) is 8.27. The van der Waals surface area contributed by atoms with Gasteiger partial charge in [-0.15, -0.1) is 0 Å². The highest BCUT2D eigenvalue weighted by atomic mass is 16.3. The highest BCUT2D eigenvalue weighted by Gasteiger charge is 2.17. The van der Waals surface area contributed by atoms with Crippen LogP contribution in [0.3, 0.4) is 0 Å². The van der Waals surface area contributed by atoms with Gasteiger partial charge in [-0.05, 0) is 17.7 Å². The molecular formula is C12H12N2O. The summed E-state index contributed by atoms with van der Waals surface area (Å²) in [4.78, 5) is 4.53. The van der Waals surface area contributed by atoms with Crippen molar-refractivity contribution in [1.82, 2.24) is 4.98 Å². The number of aliphatic hydroxyl groups excluding tert-OH is 1. The number of aromatic nitrogens is 1. The number of fused-ring (bicyclic) bond motifs is 2. The molecule has 1 atom stereocenters. The van der Waals surface area contributed by atoms with Gasteiger partial charge in [0.15, 0.2) is 0 Å². The fourth-order valence-electron chi connectivity index (χ4n) is 2.01. The number of para-hydroxylation sites is 1. The molecule has 3 nitrogen and oxygen atoms in total. The lowest BCUT2D eigenvalue weighted by atomic mass is 10.0. The van der Waals surface area contributed by atoms with Crippen LogP contribution in [0.5, 0.6) is 0 Å². The largest absolute Gasteiger partial charge is 0.391 e. The van der Waals surface area contributed by atoms with Gasteiger partial charge in [-0.2, -0.15) is 0 Å². The second kappa shape index (κ2) is 3.21. The van der Waals surface area contributed by atoms with Crippen molar-refractivity contribution >= 4 is 16.7 Å². The van der Waals surface area contributed by atoms with E-state index in [1.165, 1.54) is 0 Å². The molecule has 2 heterocycles. The van der Waals surface area contributed by atoms with Gasteiger partial charge in [0.2, 0.25) is 0 Å². The van der Waals surface area contributed by atoms with Crippen molar-refractivity contribution in [2.45, 2.75) is 12.5 Å². The van der Waals surface area contributed by atoms with Crippen molar-refractivity contribution in [2.24, 2.45) is 0 Å². The van der Waals surface area contributed by atoms with Gasteiger partial charge in [0.25, 0.3) is 0 Å². The van der Waals surface area contributed by atoms with Crippen LogP contribution in [-0.2, 0) is 6.42 Å². The average molecular weight is 200 g/mol. The summed E-state index contributed by atoms with van der Waals surface area (Å²) in [5.74, 6) is 0.916. The number of pyridine rings is 1. The summed E-state index contributed by atoms with van der Waals surface area (Å²) in [6.07, 6.45) is 0.403. The van der Waals surface area contributed by atoms with Gasteiger partial charge in [0.1, 0.15) is 5.82 Å². The lowest BCUT2D eigenvalue weighted by molar-refractivity contribution is 0.184. The first kappa shape index (κ1) is 8.68. The summed E-state index contributed by atoms with van der Waals surface area (Å²) >= 11 is 0. The van der Waals surface area contributed by atoms with E-state index in [0.717, 1.165) is 22.3 Å². The number of hydrogen-bond acceptors (Lipinski definition) is 3. The number of nitrogens with one attached hydrogen (secondary N) is 1. The third-order valence-electron chi connectivity index (χ3n) is 2.76. The van der Waals surface area contributed by atoms with Crippen LogP contribution in [0.25, 0.3) is 10.9 Å². The Bertz CT molecular complexity index is 510. The molecule has 0 saturated carbocycles. The Kier molecular flexibility index (Phi) is 1.86. The molecule has 2 N–H and O–H groups in total. The van der Waals surface area contributed by atoms with Crippen LogP contribution < -0.4 is 5.32 Å². The van der Waals surface area contributed by atoms with Crippen molar-refractivity contribution in [3.63, 3.8) is 0 Å². The molecule has 1 aromatic heterocycles. The summed E-state index contributed by atoms with van der Waals surface area (Å²) in [6.45, 7) is 0.596. The van der Waals surface area contributed by atoms with E-state index >= 15 is 0 Å². The number of anilines is 1. The van der Waals surface area contributed by atoms with Gasteiger partial charge in [0.05, 0.1) is 11.6 Å². The molecule has 3 rings (SSSR count).